The van der Waals surface area contributed by atoms with Crippen LogP contribution >= 0.6 is 0 Å². The second-order valence-corrected chi connectivity index (χ2v) is 5.74. The topological polar surface area (TPSA) is 212 Å². The molecule has 0 aliphatic carbocycles. The van der Waals surface area contributed by atoms with Crippen molar-refractivity contribution in [1.29, 1.82) is 0 Å². The molecule has 5 unspecified atom stereocenters. The van der Waals surface area contributed by atoms with E-state index in [1.165, 1.54) is 10.9 Å². The number of aliphatic hydroxyl groups is 3. The lowest BCUT2D eigenvalue weighted by atomic mass is 10.1. The van der Waals surface area contributed by atoms with Crippen LogP contribution in [0.25, 0.3) is 11.2 Å². The zero-order valence-electron chi connectivity index (χ0n) is 13.3. The van der Waals surface area contributed by atoms with E-state index in [9.17, 15) is 19.8 Å². The first-order valence-electron chi connectivity index (χ1n) is 7.60. The van der Waals surface area contributed by atoms with E-state index in [-0.39, 0.29) is 17.1 Å². The Labute approximate surface area is 145 Å². The molecule has 13 nitrogen and oxygen atoms in total. The molecule has 1 saturated heterocycles. The average molecular weight is 370 g/mol. The van der Waals surface area contributed by atoms with Crippen molar-refractivity contribution in [3.05, 3.63) is 16.7 Å². The van der Waals surface area contributed by atoms with Crippen LogP contribution < -0.4 is 17.0 Å². The van der Waals surface area contributed by atoms with E-state index in [1.54, 1.807) is 0 Å². The summed E-state index contributed by atoms with van der Waals surface area (Å²) >= 11 is 0. The summed E-state index contributed by atoms with van der Waals surface area (Å²) in [6.07, 6.45) is -3.80. The number of aromatic nitrogens is 4. The molecule has 3 heterocycles. The van der Waals surface area contributed by atoms with E-state index in [4.69, 9.17) is 26.0 Å². The number of ether oxygens (including phenoxy) is 2. The number of imidazole rings is 1. The Morgan fingerprint density at radius 1 is 1.46 bits per heavy atom. The number of anilines is 1. The van der Waals surface area contributed by atoms with Crippen LogP contribution in [0.4, 0.5) is 5.95 Å². The number of rotatable bonds is 5. The number of hydrogen-bond donors (Lipinski definition) is 6. The fourth-order valence-electron chi connectivity index (χ4n) is 2.57. The van der Waals surface area contributed by atoms with Crippen LogP contribution in [0.5, 0.6) is 0 Å². The average Bonchev–Trinajstić information content (AvgIpc) is 3.14. The van der Waals surface area contributed by atoms with Crippen molar-refractivity contribution in [3.8, 4) is 0 Å². The fourth-order valence-corrected chi connectivity index (χ4v) is 2.57. The first kappa shape index (κ1) is 18.2. The Kier molecular flexibility index (Phi) is 4.88. The lowest BCUT2D eigenvalue weighted by Crippen LogP contribution is -2.39. The highest BCUT2D eigenvalue weighted by Crippen LogP contribution is 2.31. The number of nitrogen functional groups attached to an aromatic ring is 1. The quantitative estimate of drug-likeness (QED) is 0.281. The summed E-state index contributed by atoms with van der Waals surface area (Å²) in [5.41, 5.74) is 10.3. The summed E-state index contributed by atoms with van der Waals surface area (Å²) in [5.74, 6) is -1.03. The highest BCUT2D eigenvalue weighted by atomic mass is 16.6. The number of aliphatic hydroxyl groups excluding tert-OH is 3. The molecule has 13 heteroatoms. The van der Waals surface area contributed by atoms with Crippen LogP contribution in [0.1, 0.15) is 6.23 Å². The summed E-state index contributed by atoms with van der Waals surface area (Å²) < 4.78 is 11.6. The van der Waals surface area contributed by atoms with Gasteiger partial charge < -0.3 is 36.3 Å². The van der Waals surface area contributed by atoms with Crippen LogP contribution in [-0.4, -0.2) is 78.4 Å². The fraction of sp³-hybridized carbons (Fsp3) is 0.538. The van der Waals surface area contributed by atoms with Gasteiger partial charge in [-0.1, -0.05) is 0 Å². The van der Waals surface area contributed by atoms with E-state index in [2.05, 4.69) is 15.0 Å². The largest absolute Gasteiger partial charge is 0.462 e. The third-order valence-corrected chi connectivity index (χ3v) is 3.95. The Morgan fingerprint density at radius 3 is 2.88 bits per heavy atom. The zero-order valence-corrected chi connectivity index (χ0v) is 13.3. The molecule has 0 spiro atoms. The normalized spacial score (nSPS) is 26.9. The van der Waals surface area contributed by atoms with E-state index in [0.29, 0.717) is 0 Å². The van der Waals surface area contributed by atoms with Gasteiger partial charge in [0.15, 0.2) is 17.4 Å². The van der Waals surface area contributed by atoms with Gasteiger partial charge in [-0.2, -0.15) is 4.98 Å². The minimum Gasteiger partial charge on any atom is -0.462 e. The molecule has 26 heavy (non-hydrogen) atoms. The van der Waals surface area contributed by atoms with Gasteiger partial charge in [-0.25, -0.2) is 4.98 Å². The molecule has 1 fully saturated rings. The van der Waals surface area contributed by atoms with Crippen molar-refractivity contribution in [2.45, 2.75) is 30.6 Å². The maximum absolute atomic E-state index is 11.8. The van der Waals surface area contributed by atoms with Gasteiger partial charge in [-0.05, 0) is 0 Å². The molecule has 3 rings (SSSR count). The molecular formula is C13H18N6O7. The molecule has 8 N–H and O–H groups in total. The highest BCUT2D eigenvalue weighted by molar-refractivity contribution is 5.75. The monoisotopic (exact) mass is 370 g/mol. The molecule has 0 amide bonds. The van der Waals surface area contributed by atoms with Crippen LogP contribution in [0.15, 0.2) is 11.1 Å². The van der Waals surface area contributed by atoms with E-state index < -0.39 is 55.3 Å². The minimum absolute atomic E-state index is 0.0201. The molecular weight excluding hydrogens is 352 g/mol. The van der Waals surface area contributed by atoms with Gasteiger partial charge in [0.25, 0.3) is 5.56 Å². The summed E-state index contributed by atoms with van der Waals surface area (Å²) in [4.78, 5) is 33.4. The molecule has 5 atom stereocenters. The smallest absolute Gasteiger partial charge is 0.325 e. The molecule has 0 bridgehead atoms. The number of carbonyl (C=O) groups is 1. The molecule has 0 radical (unpaired) electrons. The number of nitrogens with two attached hydrogens (primary N) is 2. The number of esters is 1. The van der Waals surface area contributed by atoms with Crippen molar-refractivity contribution in [2.24, 2.45) is 5.73 Å². The Hall–Kier alpha value is -2.58. The van der Waals surface area contributed by atoms with Crippen LogP contribution in [0, 0.1) is 0 Å². The molecule has 2 aromatic heterocycles. The maximum Gasteiger partial charge on any atom is 0.325 e. The van der Waals surface area contributed by atoms with Crippen molar-refractivity contribution < 1.29 is 29.6 Å². The predicted molar refractivity (Wildman–Crippen MR) is 84.5 cm³/mol. The van der Waals surface area contributed by atoms with Crippen LogP contribution in [-0.2, 0) is 14.3 Å². The Morgan fingerprint density at radius 2 is 2.19 bits per heavy atom. The molecule has 142 valence electrons. The van der Waals surface area contributed by atoms with Gasteiger partial charge in [0.05, 0.1) is 12.9 Å². The van der Waals surface area contributed by atoms with Gasteiger partial charge in [-0.3, -0.25) is 19.1 Å². The van der Waals surface area contributed by atoms with Crippen LogP contribution in [0.3, 0.4) is 0 Å². The highest BCUT2D eigenvalue weighted by Gasteiger charge is 2.45. The van der Waals surface area contributed by atoms with Gasteiger partial charge in [-0.15, -0.1) is 0 Å². The van der Waals surface area contributed by atoms with Crippen molar-refractivity contribution >= 4 is 23.1 Å². The second-order valence-electron chi connectivity index (χ2n) is 5.74. The summed E-state index contributed by atoms with van der Waals surface area (Å²) in [5, 5.41) is 29.2. The SMILES string of the molecule is Nc1nc2c(ncn2C2OC(COC(=O)C(N)CO)C(O)C2O)c(=O)[nH]1. The van der Waals surface area contributed by atoms with Crippen molar-refractivity contribution in [3.63, 3.8) is 0 Å². The lowest BCUT2D eigenvalue weighted by molar-refractivity contribution is -0.152. The second kappa shape index (κ2) is 6.97. The van der Waals surface area contributed by atoms with Crippen molar-refractivity contribution in [1.82, 2.24) is 19.5 Å². The molecule has 1 aliphatic rings. The number of nitrogens with zero attached hydrogens (tertiary/aromatic N) is 3. The van der Waals surface area contributed by atoms with Gasteiger partial charge in [0.1, 0.15) is 31.0 Å². The van der Waals surface area contributed by atoms with E-state index in [0.717, 1.165) is 0 Å². The zero-order chi connectivity index (χ0) is 19.0. The first-order valence-corrected chi connectivity index (χ1v) is 7.60. The summed E-state index contributed by atoms with van der Waals surface area (Å²) in [6, 6.07) is -1.22. The molecule has 0 saturated carbocycles. The number of hydrogen-bond acceptors (Lipinski definition) is 11. The minimum atomic E-state index is -1.41. The van der Waals surface area contributed by atoms with E-state index >= 15 is 0 Å². The standard InChI is InChI=1S/C13H18N6O7/c14-4(1-20)12(24)25-2-5-7(21)8(22)11(26-5)19-3-16-6-9(19)17-13(15)18-10(6)23/h3-5,7-8,11,20-22H,1-2,14H2,(H3,15,17,18,23). The lowest BCUT2D eigenvalue weighted by Gasteiger charge is -2.16. The third kappa shape index (κ3) is 3.13. The van der Waals surface area contributed by atoms with Crippen molar-refractivity contribution in [2.75, 3.05) is 18.9 Å². The molecule has 0 aromatic carbocycles. The van der Waals surface area contributed by atoms with Crippen LogP contribution in [0.2, 0.25) is 0 Å². The number of nitrogens with one attached hydrogen (secondary N) is 1. The predicted octanol–water partition coefficient (Wildman–Crippen LogP) is -3.82. The molecule has 2 aromatic rings. The molecule has 1 aliphatic heterocycles. The number of aromatic amines is 1. The van der Waals surface area contributed by atoms with Gasteiger partial charge >= 0.3 is 5.97 Å². The number of H-pyrrole nitrogens is 1. The summed E-state index contributed by atoms with van der Waals surface area (Å²) in [6.45, 7) is -0.995. The van der Waals surface area contributed by atoms with Gasteiger partial charge in [0.2, 0.25) is 5.95 Å². The number of fused-ring (bicyclic) bond motifs is 1. The Balaban J connectivity index is 1.80. The summed E-state index contributed by atoms with van der Waals surface area (Å²) in [7, 11) is 0. The number of carbonyl (C=O) groups excluding carboxylic acids is 1. The van der Waals surface area contributed by atoms with Gasteiger partial charge in [0, 0.05) is 0 Å². The third-order valence-electron chi connectivity index (χ3n) is 3.95. The Bertz CT molecular complexity index is 866. The first-order chi connectivity index (χ1) is 12.3. The van der Waals surface area contributed by atoms with E-state index in [1.807, 2.05) is 0 Å². The maximum atomic E-state index is 11.8.